The first-order valence-electron chi connectivity index (χ1n) is 15.6. The van der Waals surface area contributed by atoms with Gasteiger partial charge in [-0.25, -0.2) is 0 Å². The number of morpholine rings is 1. The molecule has 1 aliphatic heterocycles. The topological polar surface area (TPSA) is 66.2 Å². The average molecular weight is 554 g/mol. The monoisotopic (exact) mass is 553 g/mol. The van der Waals surface area contributed by atoms with Gasteiger partial charge in [0.1, 0.15) is 5.76 Å². The normalized spacial score (nSPS) is 13.8. The van der Waals surface area contributed by atoms with E-state index in [0.717, 1.165) is 57.9 Å². The third kappa shape index (κ3) is 12.7. The van der Waals surface area contributed by atoms with Crippen molar-refractivity contribution >= 4 is 11.8 Å². The number of carbonyl (C=O) groups excluding carboxylic acids is 2. The van der Waals surface area contributed by atoms with E-state index in [1.807, 2.05) is 35.2 Å². The predicted molar refractivity (Wildman–Crippen MR) is 160 cm³/mol. The number of hydrogen-bond donors (Lipinski definition) is 0. The minimum absolute atomic E-state index is 0.0327. The summed E-state index contributed by atoms with van der Waals surface area (Å²) in [5.41, 5.74) is 1.19. The van der Waals surface area contributed by atoms with E-state index in [4.69, 9.17) is 9.15 Å². The molecule has 1 saturated heterocycles. The molecule has 3 rings (SSSR count). The molecule has 2 heterocycles. The zero-order valence-electron chi connectivity index (χ0n) is 24.7. The van der Waals surface area contributed by atoms with Gasteiger partial charge in [-0.3, -0.25) is 14.5 Å². The number of hydrogen-bond acceptors (Lipinski definition) is 5. The van der Waals surface area contributed by atoms with Gasteiger partial charge >= 0.3 is 0 Å². The van der Waals surface area contributed by atoms with Gasteiger partial charge in [0.25, 0.3) is 0 Å². The molecule has 0 atom stereocenters. The number of ether oxygens (including phenoxy) is 1. The number of unbranched alkanes of at least 4 members (excludes halogenated alkanes) is 8. The largest absolute Gasteiger partial charge is 0.467 e. The smallest absolute Gasteiger partial charge is 0.242 e. The molecule has 222 valence electrons. The van der Waals surface area contributed by atoms with Crippen molar-refractivity contribution in [2.75, 3.05) is 52.5 Å². The lowest BCUT2D eigenvalue weighted by Gasteiger charge is -2.31. The van der Waals surface area contributed by atoms with E-state index in [1.54, 1.807) is 11.2 Å². The van der Waals surface area contributed by atoms with Crippen LogP contribution in [0.5, 0.6) is 0 Å². The van der Waals surface area contributed by atoms with E-state index in [9.17, 15) is 9.59 Å². The molecule has 0 N–H and O–H groups in total. The quantitative estimate of drug-likeness (QED) is 0.190. The minimum Gasteiger partial charge on any atom is -0.467 e. The maximum atomic E-state index is 13.6. The summed E-state index contributed by atoms with van der Waals surface area (Å²) in [6, 6.07) is 13.9. The summed E-state index contributed by atoms with van der Waals surface area (Å²) in [6.07, 6.45) is 13.9. The van der Waals surface area contributed by atoms with Crippen LogP contribution in [0.1, 0.15) is 82.5 Å². The zero-order chi connectivity index (χ0) is 28.3. The maximum absolute atomic E-state index is 13.6. The van der Waals surface area contributed by atoms with Gasteiger partial charge in [0, 0.05) is 39.1 Å². The van der Waals surface area contributed by atoms with E-state index in [2.05, 4.69) is 24.0 Å². The molecule has 0 aliphatic carbocycles. The number of carbonyl (C=O) groups is 2. The highest BCUT2D eigenvalue weighted by molar-refractivity contribution is 5.84. The van der Waals surface area contributed by atoms with Crippen molar-refractivity contribution in [2.45, 2.75) is 84.1 Å². The van der Waals surface area contributed by atoms with Crippen LogP contribution in [-0.4, -0.2) is 79.0 Å². The molecule has 40 heavy (non-hydrogen) atoms. The van der Waals surface area contributed by atoms with Crippen molar-refractivity contribution in [3.8, 4) is 0 Å². The number of nitrogens with zero attached hydrogens (tertiary/aromatic N) is 3. The van der Waals surface area contributed by atoms with Crippen LogP contribution < -0.4 is 0 Å². The zero-order valence-corrected chi connectivity index (χ0v) is 24.7. The molecular weight excluding hydrogens is 502 g/mol. The third-order valence-corrected chi connectivity index (χ3v) is 7.76. The summed E-state index contributed by atoms with van der Waals surface area (Å²) in [5.74, 6) is 0.808. The highest BCUT2D eigenvalue weighted by Gasteiger charge is 2.23. The Hall–Kier alpha value is -2.64. The van der Waals surface area contributed by atoms with Gasteiger partial charge in [-0.05, 0) is 30.5 Å². The van der Waals surface area contributed by atoms with Crippen molar-refractivity contribution in [3.63, 3.8) is 0 Å². The Labute approximate surface area is 241 Å². The molecule has 1 aromatic carbocycles. The molecule has 0 radical (unpaired) electrons. The summed E-state index contributed by atoms with van der Waals surface area (Å²) in [4.78, 5) is 33.0. The van der Waals surface area contributed by atoms with Crippen LogP contribution in [0, 0.1) is 0 Å². The molecule has 7 heteroatoms. The summed E-state index contributed by atoms with van der Waals surface area (Å²) in [5, 5.41) is 0. The van der Waals surface area contributed by atoms with Crippen molar-refractivity contribution in [1.29, 1.82) is 0 Å². The van der Waals surface area contributed by atoms with Crippen LogP contribution >= 0.6 is 0 Å². The van der Waals surface area contributed by atoms with E-state index in [0.29, 0.717) is 26.1 Å². The number of rotatable bonds is 20. The molecule has 0 bridgehead atoms. The molecule has 2 aromatic rings. The van der Waals surface area contributed by atoms with E-state index >= 15 is 0 Å². The fourth-order valence-corrected chi connectivity index (χ4v) is 5.18. The first-order chi connectivity index (χ1) is 19.7. The first kappa shape index (κ1) is 31.9. The van der Waals surface area contributed by atoms with Crippen LogP contribution in [-0.2, 0) is 27.3 Å². The lowest BCUT2D eigenvalue weighted by molar-refractivity contribution is -0.141. The Balaban J connectivity index is 1.54. The van der Waals surface area contributed by atoms with Crippen molar-refractivity contribution in [1.82, 2.24) is 14.7 Å². The Morgan fingerprint density at radius 3 is 2.17 bits per heavy atom. The highest BCUT2D eigenvalue weighted by Crippen LogP contribution is 2.13. The lowest BCUT2D eigenvalue weighted by atomic mass is 10.1. The van der Waals surface area contributed by atoms with Crippen molar-refractivity contribution in [3.05, 3.63) is 60.1 Å². The summed E-state index contributed by atoms with van der Waals surface area (Å²) in [6.45, 7) is 7.86. The molecule has 2 amide bonds. The van der Waals surface area contributed by atoms with Gasteiger partial charge < -0.3 is 19.0 Å². The van der Waals surface area contributed by atoms with Crippen molar-refractivity contribution in [2.24, 2.45) is 0 Å². The molecule has 7 nitrogen and oxygen atoms in total. The second-order valence-corrected chi connectivity index (χ2v) is 11.0. The first-order valence-corrected chi connectivity index (χ1v) is 15.6. The molecular formula is C33H51N3O4. The number of furan rings is 1. The Morgan fingerprint density at radius 2 is 1.50 bits per heavy atom. The average Bonchev–Trinajstić information content (AvgIpc) is 3.50. The lowest BCUT2D eigenvalue weighted by Crippen LogP contribution is -2.47. The number of benzene rings is 1. The van der Waals surface area contributed by atoms with Crippen LogP contribution in [0.4, 0.5) is 0 Å². The Bertz CT molecular complexity index is 928. The molecule has 0 spiro atoms. The summed E-state index contributed by atoms with van der Waals surface area (Å²) >= 11 is 0. The van der Waals surface area contributed by atoms with Gasteiger partial charge in [0.05, 0.1) is 32.6 Å². The number of amides is 2. The maximum Gasteiger partial charge on any atom is 0.242 e. The predicted octanol–water partition coefficient (Wildman–Crippen LogP) is 5.93. The minimum atomic E-state index is -0.0327. The van der Waals surface area contributed by atoms with Crippen LogP contribution in [0.3, 0.4) is 0 Å². The standard InChI is InChI=1S/C33H51N3O4/c1-2-3-4-5-6-7-8-9-13-18-32(37)36(22-21-34-23-26-39-27-24-34)29-33(38)35(28-31-17-14-25-40-31)20-19-30-15-11-10-12-16-30/h10-12,14-17,25H,2-9,13,18-24,26-29H2,1H3. The second kappa shape index (κ2) is 19.4. The van der Waals surface area contributed by atoms with Crippen LogP contribution in [0.25, 0.3) is 0 Å². The van der Waals surface area contributed by atoms with Gasteiger partial charge in [0.2, 0.25) is 11.8 Å². The molecule has 1 fully saturated rings. The van der Waals surface area contributed by atoms with E-state index < -0.39 is 0 Å². The SMILES string of the molecule is CCCCCCCCCCCC(=O)N(CCN1CCOCC1)CC(=O)N(CCc1ccccc1)Cc1ccco1. The van der Waals surface area contributed by atoms with E-state index in [-0.39, 0.29) is 18.4 Å². The molecule has 0 saturated carbocycles. The molecule has 0 unspecified atom stereocenters. The van der Waals surface area contributed by atoms with Gasteiger partial charge in [-0.2, -0.15) is 0 Å². The van der Waals surface area contributed by atoms with Gasteiger partial charge in [-0.15, -0.1) is 0 Å². The fourth-order valence-electron chi connectivity index (χ4n) is 5.18. The van der Waals surface area contributed by atoms with Gasteiger partial charge in [0.15, 0.2) is 0 Å². The summed E-state index contributed by atoms with van der Waals surface area (Å²) < 4.78 is 11.0. The van der Waals surface area contributed by atoms with Crippen LogP contribution in [0.15, 0.2) is 53.1 Å². The Kier molecular flexibility index (Phi) is 15.5. The van der Waals surface area contributed by atoms with Crippen molar-refractivity contribution < 1.29 is 18.7 Å². The van der Waals surface area contributed by atoms with Gasteiger partial charge in [-0.1, -0.05) is 88.6 Å². The molecule has 1 aromatic heterocycles. The Morgan fingerprint density at radius 1 is 0.800 bits per heavy atom. The second-order valence-electron chi connectivity index (χ2n) is 11.0. The molecule has 1 aliphatic rings. The van der Waals surface area contributed by atoms with Crippen LogP contribution in [0.2, 0.25) is 0 Å². The fraction of sp³-hybridized carbons (Fsp3) is 0.636. The highest BCUT2D eigenvalue weighted by atomic mass is 16.5. The summed E-state index contributed by atoms with van der Waals surface area (Å²) in [7, 11) is 0. The van der Waals surface area contributed by atoms with E-state index in [1.165, 1.54) is 50.5 Å². The third-order valence-electron chi connectivity index (χ3n) is 7.76.